The van der Waals surface area contributed by atoms with Crippen molar-refractivity contribution >= 4 is 34.3 Å². The van der Waals surface area contributed by atoms with Gasteiger partial charge in [-0.05, 0) is 13.8 Å². The van der Waals surface area contributed by atoms with Crippen molar-refractivity contribution in [3.8, 4) is 0 Å². The lowest BCUT2D eigenvalue weighted by molar-refractivity contribution is -0.146. The molecule has 0 aliphatic rings. The molecular weight excluding hydrogens is 249 g/mol. The average molecular weight is 263 g/mol. The summed E-state index contributed by atoms with van der Waals surface area (Å²) in [6, 6.07) is 0. The van der Waals surface area contributed by atoms with Crippen molar-refractivity contribution < 1.29 is 14.4 Å². The molecule has 0 rings (SSSR count). The van der Waals surface area contributed by atoms with E-state index in [1.807, 2.05) is 0 Å². The minimum absolute atomic E-state index is 0. The Hall–Kier alpha value is 0.160. The van der Waals surface area contributed by atoms with E-state index in [2.05, 4.69) is 20.8 Å². The number of rotatable bonds is 4. The summed E-state index contributed by atoms with van der Waals surface area (Å²) in [6.45, 7) is 3.82. The molecule has 4 nitrogen and oxygen atoms in total. The number of hydrogen-bond acceptors (Lipinski definition) is 4. The predicted octanol–water partition coefficient (Wildman–Crippen LogP) is 1.02. The molecule has 0 fully saturated rings. The zero-order valence-corrected chi connectivity index (χ0v) is 9.41. The summed E-state index contributed by atoms with van der Waals surface area (Å²) in [7, 11) is 0. The van der Waals surface area contributed by atoms with Crippen LogP contribution in [-0.2, 0) is 14.4 Å². The molecule has 0 radical (unpaired) electrons. The Balaban J connectivity index is 0. The van der Waals surface area contributed by atoms with Crippen LogP contribution in [0.15, 0.2) is 0 Å². The lowest BCUT2D eigenvalue weighted by Gasteiger charge is -2.13. The van der Waals surface area contributed by atoms with E-state index < -0.39 is 4.32 Å². The molecular formula is C6H13BrClNO3. The third kappa shape index (κ3) is 6.84. The fourth-order valence-corrected chi connectivity index (χ4v) is 0.469. The van der Waals surface area contributed by atoms with Gasteiger partial charge in [-0.2, -0.15) is 0 Å². The molecule has 0 atom stereocenters. The van der Waals surface area contributed by atoms with Crippen molar-refractivity contribution in [2.24, 2.45) is 5.90 Å². The van der Waals surface area contributed by atoms with E-state index >= 15 is 0 Å². The molecule has 0 unspecified atom stereocenters. The van der Waals surface area contributed by atoms with E-state index in [1.165, 1.54) is 0 Å². The van der Waals surface area contributed by atoms with Crippen molar-refractivity contribution in [1.82, 2.24) is 0 Å². The standard InChI is InChI=1S/C6H12BrNO3.ClH/c1-6(2,7)5(9)10-3-4-11-8;/h3-4,8H2,1-2H3;1H. The SMILES string of the molecule is CC(C)(Br)C(=O)OCCON.Cl. The topological polar surface area (TPSA) is 61.5 Å². The normalized spacial score (nSPS) is 10.3. The zero-order valence-electron chi connectivity index (χ0n) is 7.00. The smallest absolute Gasteiger partial charge is 0.322 e. The quantitative estimate of drug-likeness (QED) is 0.356. The second-order valence-electron chi connectivity index (χ2n) is 2.48. The summed E-state index contributed by atoms with van der Waals surface area (Å²) in [5.41, 5.74) is 0. The molecule has 0 aliphatic carbocycles. The second-order valence-corrected chi connectivity index (χ2v) is 4.46. The summed E-state index contributed by atoms with van der Waals surface area (Å²) in [4.78, 5) is 15.2. The summed E-state index contributed by atoms with van der Waals surface area (Å²) in [5.74, 6) is 4.40. The number of esters is 1. The molecule has 6 heteroatoms. The molecule has 0 saturated heterocycles. The maximum absolute atomic E-state index is 11.0. The molecule has 74 valence electrons. The number of halogens is 2. The van der Waals surface area contributed by atoms with Gasteiger partial charge in [0, 0.05) is 0 Å². The Kier molecular flexibility index (Phi) is 8.13. The molecule has 0 aromatic rings. The van der Waals surface area contributed by atoms with Gasteiger partial charge in [-0.1, -0.05) is 15.9 Å². The van der Waals surface area contributed by atoms with Crippen LogP contribution in [0, 0.1) is 0 Å². The Bertz CT molecular complexity index is 137. The monoisotopic (exact) mass is 261 g/mol. The predicted molar refractivity (Wildman–Crippen MR) is 51.4 cm³/mol. The van der Waals surface area contributed by atoms with Crippen LogP contribution in [0.1, 0.15) is 13.8 Å². The van der Waals surface area contributed by atoms with Gasteiger partial charge in [0.1, 0.15) is 17.5 Å². The molecule has 12 heavy (non-hydrogen) atoms. The first-order valence-electron chi connectivity index (χ1n) is 3.16. The van der Waals surface area contributed by atoms with Crippen LogP contribution in [0.2, 0.25) is 0 Å². The van der Waals surface area contributed by atoms with E-state index in [4.69, 9.17) is 10.6 Å². The van der Waals surface area contributed by atoms with Crippen molar-refractivity contribution in [2.75, 3.05) is 13.2 Å². The highest BCUT2D eigenvalue weighted by Gasteiger charge is 2.24. The van der Waals surface area contributed by atoms with Crippen LogP contribution in [0.4, 0.5) is 0 Å². The largest absolute Gasteiger partial charge is 0.462 e. The van der Waals surface area contributed by atoms with Crippen LogP contribution in [0.5, 0.6) is 0 Å². The van der Waals surface area contributed by atoms with Gasteiger partial charge in [-0.25, -0.2) is 5.90 Å². The summed E-state index contributed by atoms with van der Waals surface area (Å²) in [5, 5.41) is 0. The fourth-order valence-electron chi connectivity index (χ4n) is 0.354. The van der Waals surface area contributed by atoms with Crippen molar-refractivity contribution in [3.05, 3.63) is 0 Å². The number of carbonyl (C=O) groups is 1. The fraction of sp³-hybridized carbons (Fsp3) is 0.833. The van der Waals surface area contributed by atoms with Crippen molar-refractivity contribution in [2.45, 2.75) is 18.2 Å². The number of ether oxygens (including phenoxy) is 1. The highest BCUT2D eigenvalue weighted by Crippen LogP contribution is 2.16. The van der Waals surface area contributed by atoms with E-state index in [-0.39, 0.29) is 31.6 Å². The molecule has 0 heterocycles. The van der Waals surface area contributed by atoms with Gasteiger partial charge in [-0.15, -0.1) is 12.4 Å². The maximum Gasteiger partial charge on any atom is 0.322 e. The molecule has 0 bridgehead atoms. The first-order chi connectivity index (χ1) is 4.98. The highest BCUT2D eigenvalue weighted by atomic mass is 79.9. The minimum Gasteiger partial charge on any atom is -0.462 e. The lowest BCUT2D eigenvalue weighted by atomic mass is 10.2. The van der Waals surface area contributed by atoms with E-state index in [0.29, 0.717) is 0 Å². The van der Waals surface area contributed by atoms with Crippen molar-refractivity contribution in [1.29, 1.82) is 0 Å². The van der Waals surface area contributed by atoms with Crippen LogP contribution >= 0.6 is 28.3 Å². The Morgan fingerprint density at radius 2 is 2.00 bits per heavy atom. The Morgan fingerprint density at radius 3 is 2.33 bits per heavy atom. The second kappa shape index (κ2) is 6.65. The third-order valence-corrected chi connectivity index (χ3v) is 1.24. The minimum atomic E-state index is -0.637. The van der Waals surface area contributed by atoms with Gasteiger partial charge in [0.05, 0.1) is 0 Å². The van der Waals surface area contributed by atoms with E-state index in [1.54, 1.807) is 13.8 Å². The average Bonchev–Trinajstić information content (AvgIpc) is 1.86. The van der Waals surface area contributed by atoms with Gasteiger partial charge in [0.25, 0.3) is 0 Å². The molecule has 0 aliphatic heterocycles. The maximum atomic E-state index is 11.0. The van der Waals surface area contributed by atoms with E-state index in [0.717, 1.165) is 0 Å². The number of carbonyl (C=O) groups excluding carboxylic acids is 1. The van der Waals surface area contributed by atoms with Crippen LogP contribution < -0.4 is 5.90 Å². The molecule has 0 spiro atoms. The first-order valence-corrected chi connectivity index (χ1v) is 3.95. The molecule has 0 saturated carbocycles. The number of nitrogens with two attached hydrogens (primary N) is 1. The third-order valence-electron chi connectivity index (χ3n) is 0.920. The summed E-state index contributed by atoms with van der Waals surface area (Å²) >= 11 is 3.15. The molecule has 0 amide bonds. The number of hydrogen-bond donors (Lipinski definition) is 1. The van der Waals surface area contributed by atoms with Gasteiger partial charge < -0.3 is 9.57 Å². The zero-order chi connectivity index (χ0) is 8.91. The number of alkyl halides is 1. The van der Waals surface area contributed by atoms with Gasteiger partial charge >= 0.3 is 5.97 Å². The molecule has 0 aromatic carbocycles. The Labute approximate surface area is 86.3 Å². The van der Waals surface area contributed by atoms with Crippen LogP contribution in [-0.4, -0.2) is 23.5 Å². The van der Waals surface area contributed by atoms with Crippen molar-refractivity contribution in [3.63, 3.8) is 0 Å². The van der Waals surface area contributed by atoms with E-state index in [9.17, 15) is 4.79 Å². The molecule has 0 aromatic heterocycles. The lowest BCUT2D eigenvalue weighted by Crippen LogP contribution is -2.28. The Morgan fingerprint density at radius 1 is 1.50 bits per heavy atom. The van der Waals surface area contributed by atoms with Crippen LogP contribution in [0.25, 0.3) is 0 Å². The summed E-state index contributed by atoms with van der Waals surface area (Å²) < 4.78 is 4.12. The van der Waals surface area contributed by atoms with Crippen LogP contribution in [0.3, 0.4) is 0 Å². The van der Waals surface area contributed by atoms with Gasteiger partial charge in [-0.3, -0.25) is 4.79 Å². The first kappa shape index (κ1) is 14.7. The van der Waals surface area contributed by atoms with Gasteiger partial charge in [0.15, 0.2) is 0 Å². The van der Waals surface area contributed by atoms with Gasteiger partial charge in [0.2, 0.25) is 0 Å². The molecule has 2 N–H and O–H groups in total. The summed E-state index contributed by atoms with van der Waals surface area (Å²) in [6.07, 6.45) is 0. The highest BCUT2D eigenvalue weighted by molar-refractivity contribution is 9.10.